The SMILES string of the molecule is O=C(O)c1cncc(N2CC(C(=O)O)CC2=O)c1. The third-order valence-electron chi connectivity index (χ3n) is 2.76. The van der Waals surface area contributed by atoms with Crippen LogP contribution in [0.4, 0.5) is 5.69 Å². The van der Waals surface area contributed by atoms with Gasteiger partial charge in [0, 0.05) is 19.2 Å². The Morgan fingerprint density at radius 1 is 1.33 bits per heavy atom. The van der Waals surface area contributed by atoms with Crippen molar-refractivity contribution in [2.75, 3.05) is 11.4 Å². The minimum atomic E-state index is -1.15. The van der Waals surface area contributed by atoms with E-state index in [1.807, 2.05) is 0 Å². The van der Waals surface area contributed by atoms with Gasteiger partial charge >= 0.3 is 11.9 Å². The first-order valence-corrected chi connectivity index (χ1v) is 5.20. The van der Waals surface area contributed by atoms with Crippen molar-refractivity contribution in [1.82, 2.24) is 4.98 Å². The lowest BCUT2D eigenvalue weighted by molar-refractivity contribution is -0.141. The van der Waals surface area contributed by atoms with Gasteiger partial charge in [-0.1, -0.05) is 0 Å². The predicted molar refractivity (Wildman–Crippen MR) is 59.3 cm³/mol. The number of aliphatic carboxylic acids is 1. The van der Waals surface area contributed by atoms with Crippen LogP contribution in [0.25, 0.3) is 0 Å². The Morgan fingerprint density at radius 2 is 2.06 bits per heavy atom. The third kappa shape index (κ3) is 2.15. The number of nitrogens with zero attached hydrogens (tertiary/aromatic N) is 2. The molecule has 1 unspecified atom stereocenters. The minimum Gasteiger partial charge on any atom is -0.481 e. The van der Waals surface area contributed by atoms with Crippen LogP contribution in [-0.2, 0) is 9.59 Å². The average molecular weight is 250 g/mol. The molecule has 7 nitrogen and oxygen atoms in total. The predicted octanol–water partition coefficient (Wildman–Crippen LogP) is 0.217. The van der Waals surface area contributed by atoms with Crippen molar-refractivity contribution in [3.63, 3.8) is 0 Å². The van der Waals surface area contributed by atoms with E-state index in [1.165, 1.54) is 23.4 Å². The maximum Gasteiger partial charge on any atom is 0.337 e. The highest BCUT2D eigenvalue weighted by Gasteiger charge is 2.35. The summed E-state index contributed by atoms with van der Waals surface area (Å²) >= 11 is 0. The van der Waals surface area contributed by atoms with Gasteiger partial charge in [-0.2, -0.15) is 0 Å². The number of carbonyl (C=O) groups is 3. The highest BCUT2D eigenvalue weighted by molar-refractivity contribution is 6.00. The molecule has 0 radical (unpaired) electrons. The average Bonchev–Trinajstić information content (AvgIpc) is 2.72. The van der Waals surface area contributed by atoms with Crippen LogP contribution in [0.15, 0.2) is 18.5 Å². The summed E-state index contributed by atoms with van der Waals surface area (Å²) in [5.41, 5.74) is 0.266. The lowest BCUT2D eigenvalue weighted by Crippen LogP contribution is -2.26. The number of aromatic nitrogens is 1. The minimum absolute atomic E-state index is 0.0406. The van der Waals surface area contributed by atoms with E-state index in [9.17, 15) is 14.4 Å². The molecule has 2 heterocycles. The number of carboxylic acid groups (broad SMARTS) is 2. The van der Waals surface area contributed by atoms with E-state index in [0.717, 1.165) is 0 Å². The second-order valence-electron chi connectivity index (χ2n) is 3.98. The van der Waals surface area contributed by atoms with E-state index in [1.54, 1.807) is 0 Å². The summed E-state index contributed by atoms with van der Waals surface area (Å²) in [5.74, 6) is -3.28. The van der Waals surface area contributed by atoms with Crippen LogP contribution in [0.1, 0.15) is 16.8 Å². The van der Waals surface area contributed by atoms with Crippen LogP contribution in [0.3, 0.4) is 0 Å². The van der Waals surface area contributed by atoms with E-state index in [0.29, 0.717) is 5.69 Å². The fourth-order valence-corrected chi connectivity index (χ4v) is 1.81. The van der Waals surface area contributed by atoms with Gasteiger partial charge in [0.1, 0.15) is 0 Å². The van der Waals surface area contributed by atoms with Crippen molar-refractivity contribution < 1.29 is 24.6 Å². The first-order chi connectivity index (χ1) is 8.49. The van der Waals surface area contributed by atoms with Crippen molar-refractivity contribution >= 4 is 23.5 Å². The van der Waals surface area contributed by atoms with Crippen molar-refractivity contribution in [2.24, 2.45) is 5.92 Å². The van der Waals surface area contributed by atoms with Crippen LogP contribution in [0, 0.1) is 5.92 Å². The number of carbonyl (C=O) groups excluding carboxylic acids is 1. The molecule has 94 valence electrons. The molecule has 18 heavy (non-hydrogen) atoms. The van der Waals surface area contributed by atoms with Crippen LogP contribution < -0.4 is 4.90 Å². The van der Waals surface area contributed by atoms with Gasteiger partial charge in [0.15, 0.2) is 0 Å². The van der Waals surface area contributed by atoms with E-state index in [-0.39, 0.29) is 24.4 Å². The molecule has 1 fully saturated rings. The van der Waals surface area contributed by atoms with E-state index >= 15 is 0 Å². The summed E-state index contributed by atoms with van der Waals surface area (Å²) in [6.45, 7) is 0.0406. The summed E-state index contributed by atoms with van der Waals surface area (Å²) in [5, 5.41) is 17.7. The van der Waals surface area contributed by atoms with Gasteiger partial charge < -0.3 is 15.1 Å². The van der Waals surface area contributed by atoms with Gasteiger partial charge in [-0.15, -0.1) is 0 Å². The number of hydrogen-bond donors (Lipinski definition) is 2. The monoisotopic (exact) mass is 250 g/mol. The van der Waals surface area contributed by atoms with E-state index < -0.39 is 17.9 Å². The van der Waals surface area contributed by atoms with Crippen molar-refractivity contribution in [3.05, 3.63) is 24.0 Å². The molecule has 7 heteroatoms. The number of aromatic carboxylic acids is 1. The maximum atomic E-state index is 11.7. The topological polar surface area (TPSA) is 108 Å². The van der Waals surface area contributed by atoms with E-state index in [2.05, 4.69) is 4.98 Å². The fourth-order valence-electron chi connectivity index (χ4n) is 1.81. The molecule has 2 rings (SSSR count). The second-order valence-corrected chi connectivity index (χ2v) is 3.98. The van der Waals surface area contributed by atoms with Gasteiger partial charge in [-0.05, 0) is 6.07 Å². The summed E-state index contributed by atoms with van der Waals surface area (Å²) in [7, 11) is 0. The number of pyridine rings is 1. The summed E-state index contributed by atoms with van der Waals surface area (Å²) in [4.78, 5) is 38.2. The van der Waals surface area contributed by atoms with Crippen LogP contribution >= 0.6 is 0 Å². The van der Waals surface area contributed by atoms with Crippen LogP contribution in [-0.4, -0.2) is 39.6 Å². The lowest BCUT2D eigenvalue weighted by Gasteiger charge is -2.15. The molecule has 0 aromatic carbocycles. The Hall–Kier alpha value is -2.44. The molecule has 1 aliphatic heterocycles. The first-order valence-electron chi connectivity index (χ1n) is 5.20. The summed E-state index contributed by atoms with van der Waals surface area (Å²) < 4.78 is 0. The zero-order valence-corrected chi connectivity index (χ0v) is 9.24. The molecule has 0 bridgehead atoms. The molecule has 0 spiro atoms. The normalized spacial score (nSPS) is 19.0. The first kappa shape index (κ1) is 12.0. The molecule has 1 saturated heterocycles. The zero-order valence-electron chi connectivity index (χ0n) is 9.24. The van der Waals surface area contributed by atoms with Gasteiger partial charge in [0.05, 0.1) is 23.4 Å². The maximum absolute atomic E-state index is 11.7. The molecule has 2 N–H and O–H groups in total. The molecule has 1 aliphatic rings. The molecule has 1 atom stereocenters. The Balaban J connectivity index is 2.27. The fraction of sp³-hybridized carbons (Fsp3) is 0.273. The quantitative estimate of drug-likeness (QED) is 0.794. The van der Waals surface area contributed by atoms with Crippen molar-refractivity contribution in [1.29, 1.82) is 0 Å². The number of amides is 1. The highest BCUT2D eigenvalue weighted by Crippen LogP contribution is 2.25. The smallest absolute Gasteiger partial charge is 0.337 e. The molecule has 1 amide bonds. The van der Waals surface area contributed by atoms with Gasteiger partial charge in [-0.3, -0.25) is 14.6 Å². The lowest BCUT2D eigenvalue weighted by atomic mass is 10.1. The zero-order chi connectivity index (χ0) is 13.3. The Kier molecular flexibility index (Phi) is 2.97. The van der Waals surface area contributed by atoms with E-state index in [4.69, 9.17) is 10.2 Å². The molecule has 1 aromatic rings. The molecule has 1 aromatic heterocycles. The standard InChI is InChI=1S/C11H10N2O5/c14-9-2-7(11(17)18)5-13(9)8-1-6(10(15)16)3-12-4-8/h1,3-4,7H,2,5H2,(H,15,16)(H,17,18). The van der Waals surface area contributed by atoms with Crippen molar-refractivity contribution in [2.45, 2.75) is 6.42 Å². The third-order valence-corrected chi connectivity index (χ3v) is 2.76. The largest absolute Gasteiger partial charge is 0.481 e. The Bertz CT molecular complexity index is 528. The second kappa shape index (κ2) is 4.44. The Morgan fingerprint density at radius 3 is 2.61 bits per heavy atom. The Labute approximate surface area is 102 Å². The van der Waals surface area contributed by atoms with Gasteiger partial charge in [0.2, 0.25) is 5.91 Å². The molecule has 0 saturated carbocycles. The van der Waals surface area contributed by atoms with Crippen LogP contribution in [0.2, 0.25) is 0 Å². The van der Waals surface area contributed by atoms with Crippen molar-refractivity contribution in [3.8, 4) is 0 Å². The number of carboxylic acids is 2. The number of hydrogen-bond acceptors (Lipinski definition) is 4. The molecular weight excluding hydrogens is 240 g/mol. The molecular formula is C11H10N2O5. The number of anilines is 1. The molecule has 0 aliphatic carbocycles. The van der Waals surface area contributed by atoms with Gasteiger partial charge in [-0.25, -0.2) is 4.79 Å². The van der Waals surface area contributed by atoms with Crippen LogP contribution in [0.5, 0.6) is 0 Å². The number of rotatable bonds is 3. The summed E-state index contributed by atoms with van der Waals surface area (Å²) in [6, 6.07) is 1.30. The highest BCUT2D eigenvalue weighted by atomic mass is 16.4. The summed E-state index contributed by atoms with van der Waals surface area (Å²) in [6.07, 6.45) is 2.43. The van der Waals surface area contributed by atoms with Gasteiger partial charge in [0.25, 0.3) is 0 Å².